The minimum atomic E-state index is 0.416. The monoisotopic (exact) mass is 282 g/mol. The predicted octanol–water partition coefficient (Wildman–Crippen LogP) is 2.87. The second-order valence-electron chi connectivity index (χ2n) is 4.60. The highest BCUT2D eigenvalue weighted by molar-refractivity contribution is 5.41. The molecule has 0 aliphatic carbocycles. The molecule has 0 amide bonds. The summed E-state index contributed by atoms with van der Waals surface area (Å²) in [5.41, 5.74) is 2.67. The van der Waals surface area contributed by atoms with Crippen LogP contribution in [0.15, 0.2) is 42.5 Å². The Hall–Kier alpha value is -2.51. The molecule has 108 valence electrons. The fourth-order valence-corrected chi connectivity index (χ4v) is 2.02. The van der Waals surface area contributed by atoms with Crippen molar-refractivity contribution in [3.8, 4) is 17.6 Å². The lowest BCUT2D eigenvalue weighted by Crippen LogP contribution is -2.08. The maximum Gasteiger partial charge on any atom is 0.127 e. The van der Waals surface area contributed by atoms with Crippen LogP contribution in [0.1, 0.15) is 16.7 Å². The van der Waals surface area contributed by atoms with E-state index in [0.717, 1.165) is 29.2 Å². The number of rotatable bonds is 6. The molecule has 4 nitrogen and oxygen atoms in total. The highest BCUT2D eigenvalue weighted by Crippen LogP contribution is 2.25. The fraction of sp³-hybridized carbons (Fsp3) is 0.235. The minimum Gasteiger partial charge on any atom is -0.497 e. The van der Waals surface area contributed by atoms with Crippen LogP contribution in [0.5, 0.6) is 11.5 Å². The maximum absolute atomic E-state index is 8.91. The summed E-state index contributed by atoms with van der Waals surface area (Å²) in [6.07, 6.45) is 0. The summed E-state index contributed by atoms with van der Waals surface area (Å²) in [5, 5.41) is 12.0. The molecule has 0 aromatic heterocycles. The van der Waals surface area contributed by atoms with Gasteiger partial charge in [-0.2, -0.15) is 5.26 Å². The van der Waals surface area contributed by atoms with E-state index in [0.29, 0.717) is 12.2 Å². The molecule has 0 unspecified atom stereocenters. The van der Waals surface area contributed by atoms with Crippen LogP contribution in [0, 0.1) is 11.3 Å². The maximum atomic E-state index is 8.91. The highest BCUT2D eigenvalue weighted by Gasteiger charge is 2.06. The highest BCUT2D eigenvalue weighted by atomic mass is 16.5. The number of methoxy groups -OCH3 is 1. The normalized spacial score (nSPS) is 9.95. The molecule has 1 N–H and O–H groups in total. The average Bonchev–Trinajstić information content (AvgIpc) is 2.54. The zero-order valence-corrected chi connectivity index (χ0v) is 12.2. The molecule has 0 saturated carbocycles. The first kappa shape index (κ1) is 14.9. The summed E-state index contributed by atoms with van der Waals surface area (Å²) < 4.78 is 11.1. The van der Waals surface area contributed by atoms with Gasteiger partial charge in [-0.3, -0.25) is 0 Å². The number of benzene rings is 2. The Bertz CT molecular complexity index is 647. The third-order valence-corrected chi connectivity index (χ3v) is 3.09. The number of nitrogens with one attached hydrogen (secondary N) is 1. The van der Waals surface area contributed by atoms with Gasteiger partial charge in [-0.05, 0) is 30.8 Å². The van der Waals surface area contributed by atoms with Crippen LogP contribution in [0.25, 0.3) is 0 Å². The van der Waals surface area contributed by atoms with Crippen molar-refractivity contribution in [2.45, 2.75) is 13.2 Å². The van der Waals surface area contributed by atoms with Gasteiger partial charge in [-0.15, -0.1) is 0 Å². The van der Waals surface area contributed by atoms with Crippen molar-refractivity contribution < 1.29 is 9.47 Å². The lowest BCUT2D eigenvalue weighted by molar-refractivity contribution is 0.300. The molecule has 0 fully saturated rings. The van der Waals surface area contributed by atoms with Crippen LogP contribution in [0.2, 0.25) is 0 Å². The van der Waals surface area contributed by atoms with Crippen molar-refractivity contribution in [1.29, 1.82) is 5.26 Å². The average molecular weight is 282 g/mol. The second-order valence-corrected chi connectivity index (χ2v) is 4.60. The van der Waals surface area contributed by atoms with Crippen LogP contribution in [-0.2, 0) is 13.2 Å². The zero-order valence-electron chi connectivity index (χ0n) is 12.2. The van der Waals surface area contributed by atoms with Crippen molar-refractivity contribution in [3.05, 3.63) is 59.2 Å². The van der Waals surface area contributed by atoms with Crippen molar-refractivity contribution in [2.24, 2.45) is 0 Å². The van der Waals surface area contributed by atoms with Gasteiger partial charge >= 0.3 is 0 Å². The second kappa shape index (κ2) is 7.32. The summed E-state index contributed by atoms with van der Waals surface area (Å²) >= 11 is 0. The van der Waals surface area contributed by atoms with E-state index in [2.05, 4.69) is 11.4 Å². The van der Waals surface area contributed by atoms with Gasteiger partial charge in [0.2, 0.25) is 0 Å². The zero-order chi connectivity index (χ0) is 15.1. The van der Waals surface area contributed by atoms with Gasteiger partial charge in [0.15, 0.2) is 0 Å². The third-order valence-electron chi connectivity index (χ3n) is 3.09. The van der Waals surface area contributed by atoms with E-state index in [4.69, 9.17) is 14.7 Å². The topological polar surface area (TPSA) is 54.3 Å². The molecule has 21 heavy (non-hydrogen) atoms. The number of nitriles is 1. The number of hydrogen-bond acceptors (Lipinski definition) is 4. The summed E-state index contributed by atoms with van der Waals surface area (Å²) in [7, 11) is 3.53. The van der Waals surface area contributed by atoms with E-state index in [1.54, 1.807) is 13.2 Å². The Labute approximate surface area is 124 Å². The van der Waals surface area contributed by atoms with Crippen LogP contribution < -0.4 is 14.8 Å². The molecule has 0 radical (unpaired) electrons. The van der Waals surface area contributed by atoms with Gasteiger partial charge in [-0.1, -0.05) is 18.2 Å². The molecule has 0 aliphatic heterocycles. The van der Waals surface area contributed by atoms with Crippen molar-refractivity contribution in [3.63, 3.8) is 0 Å². The molecule has 0 atom stereocenters. The lowest BCUT2D eigenvalue weighted by Gasteiger charge is -2.13. The molecule has 0 heterocycles. The predicted molar refractivity (Wildman–Crippen MR) is 81.2 cm³/mol. The number of ether oxygens (including phenoxy) is 2. The lowest BCUT2D eigenvalue weighted by atomic mass is 10.1. The molecule has 0 aliphatic rings. The van der Waals surface area contributed by atoms with E-state index in [9.17, 15) is 0 Å². The molecule has 0 saturated heterocycles. The largest absolute Gasteiger partial charge is 0.497 e. The SMILES string of the molecule is CNCc1ccc(OC)cc1OCc1cccc(C#N)c1. The Morgan fingerprint density at radius 2 is 2.05 bits per heavy atom. The Balaban J connectivity index is 2.15. The quantitative estimate of drug-likeness (QED) is 0.885. The van der Waals surface area contributed by atoms with Crippen LogP contribution in [0.3, 0.4) is 0 Å². The molecule has 4 heteroatoms. The van der Waals surface area contributed by atoms with E-state index < -0.39 is 0 Å². The Kier molecular flexibility index (Phi) is 5.19. The summed E-state index contributed by atoms with van der Waals surface area (Å²) in [5.74, 6) is 1.54. The van der Waals surface area contributed by atoms with Crippen molar-refractivity contribution in [2.75, 3.05) is 14.2 Å². The molecule has 2 rings (SSSR count). The molecule has 0 spiro atoms. The van der Waals surface area contributed by atoms with Crippen molar-refractivity contribution in [1.82, 2.24) is 5.32 Å². The smallest absolute Gasteiger partial charge is 0.127 e. The summed E-state index contributed by atoms with van der Waals surface area (Å²) in [6.45, 7) is 1.14. The van der Waals surface area contributed by atoms with Gasteiger partial charge in [-0.25, -0.2) is 0 Å². The van der Waals surface area contributed by atoms with Gasteiger partial charge < -0.3 is 14.8 Å². The molecule has 0 bridgehead atoms. The van der Waals surface area contributed by atoms with Gasteiger partial charge in [0.1, 0.15) is 18.1 Å². The van der Waals surface area contributed by atoms with Crippen LogP contribution in [0.4, 0.5) is 0 Å². The first-order chi connectivity index (χ1) is 10.3. The Morgan fingerprint density at radius 1 is 1.19 bits per heavy atom. The summed E-state index contributed by atoms with van der Waals surface area (Å²) in [6, 6.07) is 15.3. The van der Waals surface area contributed by atoms with E-state index in [1.807, 2.05) is 43.4 Å². The Morgan fingerprint density at radius 3 is 2.76 bits per heavy atom. The summed E-state index contributed by atoms with van der Waals surface area (Å²) in [4.78, 5) is 0. The van der Waals surface area contributed by atoms with Crippen molar-refractivity contribution >= 4 is 0 Å². The molecule has 2 aromatic rings. The third kappa shape index (κ3) is 3.98. The van der Waals surface area contributed by atoms with Crippen LogP contribution >= 0.6 is 0 Å². The van der Waals surface area contributed by atoms with Gasteiger partial charge in [0.05, 0.1) is 18.7 Å². The van der Waals surface area contributed by atoms with Gasteiger partial charge in [0, 0.05) is 18.2 Å². The van der Waals surface area contributed by atoms with E-state index >= 15 is 0 Å². The molecular weight excluding hydrogens is 264 g/mol. The first-order valence-electron chi connectivity index (χ1n) is 6.70. The first-order valence-corrected chi connectivity index (χ1v) is 6.70. The van der Waals surface area contributed by atoms with Gasteiger partial charge in [0.25, 0.3) is 0 Å². The number of hydrogen-bond donors (Lipinski definition) is 1. The molecule has 2 aromatic carbocycles. The standard InChI is InChI=1S/C17H18N2O2/c1-19-11-15-6-7-16(20-2)9-17(15)21-12-14-5-3-4-13(8-14)10-18/h3-9,19H,11-12H2,1-2H3. The van der Waals surface area contributed by atoms with Crippen LogP contribution in [-0.4, -0.2) is 14.2 Å². The van der Waals surface area contributed by atoms with E-state index in [1.165, 1.54) is 0 Å². The fourth-order valence-electron chi connectivity index (χ4n) is 2.02. The minimum absolute atomic E-state index is 0.416. The van der Waals surface area contributed by atoms with E-state index in [-0.39, 0.29) is 0 Å². The molecular formula is C17H18N2O2. The number of nitrogens with zero attached hydrogens (tertiary/aromatic N) is 1.